The topological polar surface area (TPSA) is 52.9 Å². The first-order valence-electron chi connectivity index (χ1n) is 5.51. The Kier molecular flexibility index (Phi) is 5.50. The molecule has 0 spiro atoms. The van der Waals surface area contributed by atoms with Gasteiger partial charge in [0.2, 0.25) is 5.91 Å². The molecule has 1 heterocycles. The van der Waals surface area contributed by atoms with Gasteiger partial charge in [-0.2, -0.15) is 28.8 Å². The molecule has 1 rings (SSSR count). The van der Waals surface area contributed by atoms with Crippen molar-refractivity contribution in [1.29, 1.82) is 5.26 Å². The van der Waals surface area contributed by atoms with Gasteiger partial charge in [-0.25, -0.2) is 0 Å². The van der Waals surface area contributed by atoms with Crippen LogP contribution in [-0.4, -0.2) is 35.0 Å². The summed E-state index contributed by atoms with van der Waals surface area (Å²) in [4.78, 5) is 11.8. The minimum Gasteiger partial charge on any atom is -0.354 e. The second-order valence-corrected chi connectivity index (χ2v) is 6.63. The number of amides is 1. The van der Waals surface area contributed by atoms with Crippen molar-refractivity contribution >= 4 is 29.4 Å². The Morgan fingerprint density at radius 3 is 2.88 bits per heavy atom. The first kappa shape index (κ1) is 13.7. The second kappa shape index (κ2) is 6.41. The van der Waals surface area contributed by atoms with Crippen molar-refractivity contribution in [2.75, 3.05) is 23.8 Å². The van der Waals surface area contributed by atoms with Crippen LogP contribution < -0.4 is 5.32 Å². The van der Waals surface area contributed by atoms with Crippen molar-refractivity contribution in [3.63, 3.8) is 0 Å². The SMILES string of the molecule is CCC(C)(C#N)C(=O)NCC1CSCCS1. The van der Waals surface area contributed by atoms with Gasteiger partial charge in [0.05, 0.1) is 6.07 Å². The fourth-order valence-electron chi connectivity index (χ4n) is 1.35. The summed E-state index contributed by atoms with van der Waals surface area (Å²) in [5.41, 5.74) is -0.869. The van der Waals surface area contributed by atoms with Gasteiger partial charge < -0.3 is 5.32 Å². The zero-order chi connectivity index (χ0) is 12.0. The predicted molar refractivity (Wildman–Crippen MR) is 70.6 cm³/mol. The first-order valence-corrected chi connectivity index (χ1v) is 7.71. The lowest BCUT2D eigenvalue weighted by atomic mass is 9.88. The Labute approximate surface area is 106 Å². The lowest BCUT2D eigenvalue weighted by Crippen LogP contribution is -2.41. The van der Waals surface area contributed by atoms with Crippen LogP contribution in [-0.2, 0) is 4.79 Å². The summed E-state index contributed by atoms with van der Waals surface area (Å²) in [6.45, 7) is 4.26. The Bertz CT molecular complexity index is 284. The molecule has 1 aliphatic rings. The van der Waals surface area contributed by atoms with Gasteiger partial charge in [0.1, 0.15) is 5.41 Å². The minimum absolute atomic E-state index is 0.131. The normalized spacial score (nSPS) is 24.2. The van der Waals surface area contributed by atoms with E-state index in [0.717, 1.165) is 11.5 Å². The number of thioether (sulfide) groups is 2. The summed E-state index contributed by atoms with van der Waals surface area (Å²) >= 11 is 3.85. The monoisotopic (exact) mass is 258 g/mol. The maximum Gasteiger partial charge on any atom is 0.240 e. The Morgan fingerprint density at radius 1 is 1.62 bits per heavy atom. The minimum atomic E-state index is -0.869. The van der Waals surface area contributed by atoms with E-state index < -0.39 is 5.41 Å². The molecule has 0 aliphatic carbocycles. The van der Waals surface area contributed by atoms with Gasteiger partial charge in [-0.05, 0) is 13.3 Å². The predicted octanol–water partition coefficient (Wildman–Crippen LogP) is 1.89. The van der Waals surface area contributed by atoms with Crippen LogP contribution in [0.2, 0.25) is 0 Å². The van der Waals surface area contributed by atoms with Gasteiger partial charge in [-0.3, -0.25) is 4.79 Å². The Hall–Kier alpha value is -0.340. The number of nitriles is 1. The van der Waals surface area contributed by atoms with E-state index in [9.17, 15) is 4.79 Å². The highest BCUT2D eigenvalue weighted by atomic mass is 32.2. The zero-order valence-electron chi connectivity index (χ0n) is 9.78. The molecule has 5 heteroatoms. The van der Waals surface area contributed by atoms with Gasteiger partial charge in [0.25, 0.3) is 0 Å². The van der Waals surface area contributed by atoms with E-state index in [1.807, 2.05) is 30.4 Å². The van der Waals surface area contributed by atoms with E-state index in [4.69, 9.17) is 5.26 Å². The molecule has 1 N–H and O–H groups in total. The molecule has 0 aromatic carbocycles. The van der Waals surface area contributed by atoms with E-state index in [1.54, 1.807) is 6.92 Å². The van der Waals surface area contributed by atoms with E-state index in [-0.39, 0.29) is 5.91 Å². The molecule has 2 unspecified atom stereocenters. The maximum atomic E-state index is 11.8. The number of nitrogens with zero attached hydrogens (tertiary/aromatic N) is 1. The smallest absolute Gasteiger partial charge is 0.240 e. The molecule has 1 saturated heterocycles. The van der Waals surface area contributed by atoms with Crippen molar-refractivity contribution in [3.8, 4) is 6.07 Å². The summed E-state index contributed by atoms with van der Waals surface area (Å²) in [5.74, 6) is 3.34. The van der Waals surface area contributed by atoms with Crippen molar-refractivity contribution in [2.45, 2.75) is 25.5 Å². The van der Waals surface area contributed by atoms with Crippen LogP contribution >= 0.6 is 23.5 Å². The molecule has 1 amide bonds. The summed E-state index contributed by atoms with van der Waals surface area (Å²) in [6.07, 6.45) is 0.557. The molecule has 0 saturated carbocycles. The molecule has 3 nitrogen and oxygen atoms in total. The van der Waals surface area contributed by atoms with Crippen LogP contribution in [0, 0.1) is 16.7 Å². The number of nitrogens with one attached hydrogen (secondary N) is 1. The van der Waals surface area contributed by atoms with Crippen LogP contribution in [0.1, 0.15) is 20.3 Å². The second-order valence-electron chi connectivity index (χ2n) is 4.08. The summed E-state index contributed by atoms with van der Waals surface area (Å²) in [7, 11) is 0. The highest BCUT2D eigenvalue weighted by Gasteiger charge is 2.31. The molecule has 1 fully saturated rings. The fourth-order valence-corrected chi connectivity index (χ4v) is 3.96. The summed E-state index contributed by atoms with van der Waals surface area (Å²) < 4.78 is 0. The van der Waals surface area contributed by atoms with Crippen LogP contribution in [0.5, 0.6) is 0 Å². The molecular formula is C11H18N2OS2. The zero-order valence-corrected chi connectivity index (χ0v) is 11.4. The molecule has 0 radical (unpaired) electrons. The number of carbonyl (C=O) groups is 1. The summed E-state index contributed by atoms with van der Waals surface area (Å²) in [6, 6.07) is 2.09. The van der Waals surface area contributed by atoms with Gasteiger partial charge in [-0.1, -0.05) is 6.92 Å². The largest absolute Gasteiger partial charge is 0.354 e. The molecule has 2 atom stereocenters. The molecule has 0 aromatic rings. The summed E-state index contributed by atoms with van der Waals surface area (Å²) in [5, 5.41) is 12.4. The lowest BCUT2D eigenvalue weighted by molar-refractivity contribution is -0.127. The Morgan fingerprint density at radius 2 is 2.38 bits per heavy atom. The maximum absolute atomic E-state index is 11.8. The number of carbonyl (C=O) groups excluding carboxylic acids is 1. The van der Waals surface area contributed by atoms with Crippen LogP contribution in [0.3, 0.4) is 0 Å². The number of hydrogen-bond acceptors (Lipinski definition) is 4. The molecular weight excluding hydrogens is 240 g/mol. The van der Waals surface area contributed by atoms with Crippen LogP contribution in [0.15, 0.2) is 0 Å². The molecule has 0 aromatic heterocycles. The average molecular weight is 258 g/mol. The standard InChI is InChI=1S/C11H18N2OS2/c1-3-11(2,8-12)10(14)13-6-9-7-15-4-5-16-9/h9H,3-7H2,1-2H3,(H,13,14). The third-order valence-electron chi connectivity index (χ3n) is 2.83. The van der Waals surface area contributed by atoms with Crippen molar-refractivity contribution in [3.05, 3.63) is 0 Å². The van der Waals surface area contributed by atoms with Crippen molar-refractivity contribution in [1.82, 2.24) is 5.32 Å². The van der Waals surface area contributed by atoms with Crippen LogP contribution in [0.4, 0.5) is 0 Å². The molecule has 16 heavy (non-hydrogen) atoms. The highest BCUT2D eigenvalue weighted by molar-refractivity contribution is 8.06. The van der Waals surface area contributed by atoms with E-state index in [0.29, 0.717) is 18.2 Å². The third-order valence-corrected chi connectivity index (χ3v) is 5.68. The van der Waals surface area contributed by atoms with E-state index >= 15 is 0 Å². The lowest BCUT2D eigenvalue weighted by Gasteiger charge is -2.24. The van der Waals surface area contributed by atoms with Gasteiger partial charge in [0, 0.05) is 29.1 Å². The van der Waals surface area contributed by atoms with Crippen molar-refractivity contribution < 1.29 is 4.79 Å². The van der Waals surface area contributed by atoms with E-state index in [2.05, 4.69) is 11.4 Å². The highest BCUT2D eigenvalue weighted by Crippen LogP contribution is 2.24. The average Bonchev–Trinajstić information content (AvgIpc) is 2.36. The Balaban J connectivity index is 2.37. The van der Waals surface area contributed by atoms with E-state index in [1.165, 1.54) is 5.75 Å². The number of rotatable bonds is 4. The van der Waals surface area contributed by atoms with Crippen LogP contribution in [0.25, 0.3) is 0 Å². The first-order chi connectivity index (χ1) is 7.62. The molecule has 0 bridgehead atoms. The third kappa shape index (κ3) is 3.60. The molecule has 1 aliphatic heterocycles. The fraction of sp³-hybridized carbons (Fsp3) is 0.818. The molecule has 90 valence electrons. The van der Waals surface area contributed by atoms with Gasteiger partial charge in [-0.15, -0.1) is 0 Å². The van der Waals surface area contributed by atoms with Crippen molar-refractivity contribution in [2.24, 2.45) is 5.41 Å². The quantitative estimate of drug-likeness (QED) is 0.836. The van der Waals surface area contributed by atoms with Gasteiger partial charge in [0.15, 0.2) is 0 Å². The van der Waals surface area contributed by atoms with Gasteiger partial charge >= 0.3 is 0 Å². The number of hydrogen-bond donors (Lipinski definition) is 1.